The Kier molecular flexibility index (Phi) is 1.79. The number of benzene rings is 1. The Morgan fingerprint density at radius 3 is 2.87 bits per heavy atom. The van der Waals surface area contributed by atoms with E-state index in [1.807, 2.05) is 17.0 Å². The Morgan fingerprint density at radius 2 is 2.07 bits per heavy atom. The summed E-state index contributed by atoms with van der Waals surface area (Å²) in [5.74, 6) is 0.0366. The summed E-state index contributed by atoms with van der Waals surface area (Å²) >= 11 is 5.12. The number of rotatable bonds is 0. The summed E-state index contributed by atoms with van der Waals surface area (Å²) in [6, 6.07) is 8.12. The molecule has 2 aliphatic heterocycles. The van der Waals surface area contributed by atoms with Gasteiger partial charge in [-0.3, -0.25) is 4.79 Å². The molecule has 1 atom stereocenters. The molecular formula is C11H10N2OS. The summed E-state index contributed by atoms with van der Waals surface area (Å²) in [4.78, 5) is 13.6. The number of carbonyl (C=O) groups is 1. The third kappa shape index (κ3) is 1.25. The van der Waals surface area contributed by atoms with Gasteiger partial charge in [-0.2, -0.15) is 0 Å². The van der Waals surface area contributed by atoms with Crippen LogP contribution in [0, 0.1) is 0 Å². The molecule has 15 heavy (non-hydrogen) atoms. The highest BCUT2D eigenvalue weighted by Crippen LogP contribution is 2.25. The molecule has 0 bridgehead atoms. The van der Waals surface area contributed by atoms with Crippen LogP contribution in [0.2, 0.25) is 0 Å². The maximum absolute atomic E-state index is 11.6. The van der Waals surface area contributed by atoms with Crippen molar-refractivity contribution in [2.24, 2.45) is 0 Å². The van der Waals surface area contributed by atoms with Crippen molar-refractivity contribution in [1.29, 1.82) is 0 Å². The minimum atomic E-state index is -0.0904. The SMILES string of the molecule is O=C1NC(=S)N2Cc3ccccc3C[C@@H]12. The highest BCUT2D eigenvalue weighted by molar-refractivity contribution is 7.80. The van der Waals surface area contributed by atoms with Crippen molar-refractivity contribution < 1.29 is 4.79 Å². The molecule has 1 aromatic rings. The lowest BCUT2D eigenvalue weighted by molar-refractivity contribution is -0.121. The van der Waals surface area contributed by atoms with Crippen molar-refractivity contribution >= 4 is 23.2 Å². The second-order valence-corrected chi connectivity index (χ2v) is 4.30. The molecule has 3 rings (SSSR count). The number of fused-ring (bicyclic) bond motifs is 2. The molecular weight excluding hydrogens is 208 g/mol. The predicted molar refractivity (Wildman–Crippen MR) is 60.2 cm³/mol. The number of hydrogen-bond donors (Lipinski definition) is 1. The zero-order chi connectivity index (χ0) is 10.4. The van der Waals surface area contributed by atoms with Crippen molar-refractivity contribution in [3.05, 3.63) is 35.4 Å². The summed E-state index contributed by atoms with van der Waals surface area (Å²) in [5.41, 5.74) is 2.53. The van der Waals surface area contributed by atoms with Gasteiger partial charge in [-0.15, -0.1) is 0 Å². The first-order chi connectivity index (χ1) is 7.25. The third-order valence-electron chi connectivity index (χ3n) is 3.04. The van der Waals surface area contributed by atoms with Gasteiger partial charge in [0, 0.05) is 13.0 Å². The molecule has 76 valence electrons. The lowest BCUT2D eigenvalue weighted by Gasteiger charge is -2.30. The molecule has 1 amide bonds. The fourth-order valence-corrected chi connectivity index (χ4v) is 2.52. The zero-order valence-corrected chi connectivity index (χ0v) is 8.88. The average molecular weight is 218 g/mol. The fraction of sp³-hybridized carbons (Fsp3) is 0.273. The Balaban J connectivity index is 2.03. The van der Waals surface area contributed by atoms with Crippen molar-refractivity contribution in [3.63, 3.8) is 0 Å². The molecule has 0 saturated carbocycles. The lowest BCUT2D eigenvalue weighted by atomic mass is 9.95. The van der Waals surface area contributed by atoms with Gasteiger partial charge in [-0.1, -0.05) is 24.3 Å². The molecule has 0 spiro atoms. The van der Waals surface area contributed by atoms with Crippen LogP contribution in [-0.4, -0.2) is 22.0 Å². The molecule has 1 saturated heterocycles. The van der Waals surface area contributed by atoms with Crippen LogP contribution in [-0.2, 0) is 17.8 Å². The van der Waals surface area contributed by atoms with Crippen molar-refractivity contribution in [2.75, 3.05) is 0 Å². The highest BCUT2D eigenvalue weighted by Gasteiger charge is 2.38. The largest absolute Gasteiger partial charge is 0.332 e. The van der Waals surface area contributed by atoms with Crippen LogP contribution in [0.25, 0.3) is 0 Å². The number of nitrogens with zero attached hydrogens (tertiary/aromatic N) is 1. The third-order valence-corrected chi connectivity index (χ3v) is 3.38. The monoisotopic (exact) mass is 218 g/mol. The predicted octanol–water partition coefficient (Wildman–Crippen LogP) is 0.828. The molecule has 1 fully saturated rings. The van der Waals surface area contributed by atoms with Crippen LogP contribution in [0.15, 0.2) is 24.3 Å². The van der Waals surface area contributed by atoms with E-state index < -0.39 is 0 Å². The van der Waals surface area contributed by atoms with Crippen LogP contribution >= 0.6 is 12.2 Å². The highest BCUT2D eigenvalue weighted by atomic mass is 32.1. The summed E-state index contributed by atoms with van der Waals surface area (Å²) in [7, 11) is 0. The number of nitrogens with one attached hydrogen (secondary N) is 1. The van der Waals surface area contributed by atoms with E-state index in [4.69, 9.17) is 12.2 Å². The first kappa shape index (κ1) is 8.85. The molecule has 2 aliphatic rings. The quantitative estimate of drug-likeness (QED) is 0.655. The molecule has 3 nitrogen and oxygen atoms in total. The summed E-state index contributed by atoms with van der Waals surface area (Å²) in [6.45, 7) is 0.748. The van der Waals surface area contributed by atoms with E-state index in [2.05, 4.69) is 17.4 Å². The van der Waals surface area contributed by atoms with Crippen molar-refractivity contribution in [3.8, 4) is 0 Å². The number of thiocarbonyl (C=S) groups is 1. The minimum absolute atomic E-state index is 0.0366. The van der Waals surface area contributed by atoms with Gasteiger partial charge in [-0.05, 0) is 23.3 Å². The number of amides is 1. The van der Waals surface area contributed by atoms with Crippen LogP contribution in [0.5, 0.6) is 0 Å². The van der Waals surface area contributed by atoms with Gasteiger partial charge in [0.1, 0.15) is 6.04 Å². The van der Waals surface area contributed by atoms with E-state index >= 15 is 0 Å². The lowest BCUT2D eigenvalue weighted by Crippen LogP contribution is -2.39. The van der Waals surface area contributed by atoms with Gasteiger partial charge in [0.05, 0.1) is 0 Å². The van der Waals surface area contributed by atoms with Crippen LogP contribution in [0.3, 0.4) is 0 Å². The first-order valence-electron chi connectivity index (χ1n) is 4.94. The van der Waals surface area contributed by atoms with E-state index in [0.29, 0.717) is 5.11 Å². The maximum atomic E-state index is 11.6. The smallest absolute Gasteiger partial charge is 0.249 e. The molecule has 4 heteroatoms. The maximum Gasteiger partial charge on any atom is 0.249 e. The first-order valence-corrected chi connectivity index (χ1v) is 5.35. The Hall–Kier alpha value is -1.42. The molecule has 1 aromatic carbocycles. The molecule has 0 aliphatic carbocycles. The number of hydrogen-bond acceptors (Lipinski definition) is 2. The van der Waals surface area contributed by atoms with Crippen LogP contribution in [0.4, 0.5) is 0 Å². The van der Waals surface area contributed by atoms with Gasteiger partial charge in [-0.25, -0.2) is 0 Å². The van der Waals surface area contributed by atoms with E-state index in [-0.39, 0.29) is 11.9 Å². The topological polar surface area (TPSA) is 32.3 Å². The van der Waals surface area contributed by atoms with Gasteiger partial charge >= 0.3 is 0 Å². The Labute approximate surface area is 93.1 Å². The summed E-state index contributed by atoms with van der Waals surface area (Å²) in [5, 5.41) is 3.28. The standard InChI is InChI=1S/C11H10N2OS/c14-10-9-5-7-3-1-2-4-8(7)6-13(9)11(15)12-10/h1-4,9H,5-6H2,(H,12,14,15)/t9-/m0/s1. The zero-order valence-electron chi connectivity index (χ0n) is 8.06. The number of carbonyl (C=O) groups excluding carboxylic acids is 1. The second kappa shape index (κ2) is 3.03. The fourth-order valence-electron chi connectivity index (χ4n) is 2.23. The normalized spacial score (nSPS) is 23.5. The average Bonchev–Trinajstić information content (AvgIpc) is 2.52. The van der Waals surface area contributed by atoms with Crippen molar-refractivity contribution in [2.45, 2.75) is 19.0 Å². The van der Waals surface area contributed by atoms with E-state index in [9.17, 15) is 4.79 Å². The van der Waals surface area contributed by atoms with Gasteiger partial charge in [0.25, 0.3) is 0 Å². The van der Waals surface area contributed by atoms with E-state index in [1.165, 1.54) is 11.1 Å². The van der Waals surface area contributed by atoms with Crippen LogP contribution < -0.4 is 5.32 Å². The molecule has 1 N–H and O–H groups in total. The Morgan fingerprint density at radius 1 is 1.33 bits per heavy atom. The molecule has 2 heterocycles. The molecule has 0 unspecified atom stereocenters. The molecule has 0 aromatic heterocycles. The van der Waals surface area contributed by atoms with Crippen molar-refractivity contribution in [1.82, 2.24) is 10.2 Å². The van der Waals surface area contributed by atoms with Gasteiger partial charge in [0.2, 0.25) is 5.91 Å². The van der Waals surface area contributed by atoms with E-state index in [0.717, 1.165) is 13.0 Å². The summed E-state index contributed by atoms with van der Waals surface area (Å²) in [6.07, 6.45) is 0.766. The molecule has 0 radical (unpaired) electrons. The minimum Gasteiger partial charge on any atom is -0.332 e. The summed E-state index contributed by atoms with van der Waals surface area (Å²) < 4.78 is 0. The van der Waals surface area contributed by atoms with Crippen LogP contribution in [0.1, 0.15) is 11.1 Å². The second-order valence-electron chi connectivity index (χ2n) is 3.91. The van der Waals surface area contributed by atoms with Gasteiger partial charge in [0.15, 0.2) is 5.11 Å². The Bertz CT molecular complexity index is 417. The van der Waals surface area contributed by atoms with E-state index in [1.54, 1.807) is 0 Å². The van der Waals surface area contributed by atoms with Gasteiger partial charge < -0.3 is 10.2 Å².